The van der Waals surface area contributed by atoms with Crippen molar-refractivity contribution in [3.63, 3.8) is 0 Å². The van der Waals surface area contributed by atoms with Gasteiger partial charge in [0.2, 0.25) is 0 Å². The summed E-state index contributed by atoms with van der Waals surface area (Å²) in [5.74, 6) is 0. The van der Waals surface area contributed by atoms with Crippen LogP contribution < -0.4 is 11.1 Å². The second kappa shape index (κ2) is 10.4. The minimum atomic E-state index is 0.269. The molecule has 0 aromatic rings. The summed E-state index contributed by atoms with van der Waals surface area (Å²) in [5, 5.41) is 3.48. The normalized spacial score (nSPS) is 10.8. The number of hydrogen-bond donors (Lipinski definition) is 2. The SMILES string of the molecule is CC.CC(C)(C)CCNC(C)(C)C.CN. The van der Waals surface area contributed by atoms with Crippen LogP contribution in [0.5, 0.6) is 0 Å². The zero-order chi connectivity index (χ0) is 13.1. The van der Waals surface area contributed by atoms with E-state index in [0.717, 1.165) is 6.54 Å². The Bertz CT molecular complexity index is 92.7. The Morgan fingerprint density at radius 3 is 1.40 bits per heavy atom. The molecular weight excluding hydrogens is 184 g/mol. The van der Waals surface area contributed by atoms with Crippen molar-refractivity contribution in [3.8, 4) is 0 Å². The Labute approximate surface area is 98.0 Å². The number of nitrogens with two attached hydrogens (primary N) is 1. The first-order valence-corrected chi connectivity index (χ1v) is 6.03. The minimum Gasteiger partial charge on any atom is -0.333 e. The van der Waals surface area contributed by atoms with Gasteiger partial charge in [-0.2, -0.15) is 0 Å². The van der Waals surface area contributed by atoms with E-state index in [1.807, 2.05) is 13.8 Å². The fraction of sp³-hybridized carbons (Fsp3) is 1.00. The molecule has 0 aliphatic rings. The molecule has 0 unspecified atom stereocenters. The van der Waals surface area contributed by atoms with Crippen LogP contribution in [0.3, 0.4) is 0 Å². The van der Waals surface area contributed by atoms with Crippen LogP contribution in [-0.2, 0) is 0 Å². The summed E-state index contributed by atoms with van der Waals surface area (Å²) in [7, 11) is 1.50. The molecule has 0 atom stereocenters. The fourth-order valence-electron chi connectivity index (χ4n) is 0.812. The predicted octanol–water partition coefficient (Wildman–Crippen LogP) is 3.41. The highest BCUT2D eigenvalue weighted by Crippen LogP contribution is 2.17. The van der Waals surface area contributed by atoms with Gasteiger partial charge in [-0.15, -0.1) is 0 Å². The average molecular weight is 218 g/mol. The number of hydrogen-bond acceptors (Lipinski definition) is 2. The maximum Gasteiger partial charge on any atom is 0.00965 e. The largest absolute Gasteiger partial charge is 0.333 e. The zero-order valence-electron chi connectivity index (χ0n) is 12.5. The molecule has 0 amide bonds. The summed E-state index contributed by atoms with van der Waals surface area (Å²) in [4.78, 5) is 0. The topological polar surface area (TPSA) is 38.0 Å². The predicted molar refractivity (Wildman–Crippen MR) is 73.3 cm³/mol. The lowest BCUT2D eigenvalue weighted by atomic mass is 9.92. The van der Waals surface area contributed by atoms with Gasteiger partial charge in [0.1, 0.15) is 0 Å². The van der Waals surface area contributed by atoms with Crippen molar-refractivity contribution in [3.05, 3.63) is 0 Å². The van der Waals surface area contributed by atoms with Crippen LogP contribution in [0.25, 0.3) is 0 Å². The van der Waals surface area contributed by atoms with Crippen molar-refractivity contribution < 1.29 is 0 Å². The fourth-order valence-corrected chi connectivity index (χ4v) is 0.812. The maximum atomic E-state index is 4.50. The van der Waals surface area contributed by atoms with Gasteiger partial charge in [-0.25, -0.2) is 0 Å². The Kier molecular flexibility index (Phi) is 14.2. The molecule has 15 heavy (non-hydrogen) atoms. The summed E-state index contributed by atoms with van der Waals surface area (Å²) in [6.07, 6.45) is 1.24. The van der Waals surface area contributed by atoms with Crippen molar-refractivity contribution in [1.82, 2.24) is 5.32 Å². The standard InChI is InChI=1S/C10H23N.C2H6.CH5N/c1-9(2,3)7-8-11-10(4,5)6;2*1-2/h11H,7-8H2,1-6H3;1-2H3;2H2,1H3. The molecule has 0 aliphatic heterocycles. The van der Waals surface area contributed by atoms with Crippen molar-refractivity contribution in [1.29, 1.82) is 0 Å². The minimum absolute atomic E-state index is 0.269. The molecule has 96 valence electrons. The second-order valence-electron chi connectivity index (χ2n) is 5.49. The van der Waals surface area contributed by atoms with Gasteiger partial charge in [0.25, 0.3) is 0 Å². The van der Waals surface area contributed by atoms with E-state index >= 15 is 0 Å². The smallest absolute Gasteiger partial charge is 0.00965 e. The highest BCUT2D eigenvalue weighted by Gasteiger charge is 2.12. The van der Waals surface area contributed by atoms with E-state index < -0.39 is 0 Å². The van der Waals surface area contributed by atoms with E-state index in [4.69, 9.17) is 0 Å². The van der Waals surface area contributed by atoms with Gasteiger partial charge < -0.3 is 11.1 Å². The van der Waals surface area contributed by atoms with Crippen molar-refractivity contribution in [2.45, 2.75) is 67.3 Å². The third kappa shape index (κ3) is 31.5. The Morgan fingerprint density at radius 1 is 0.867 bits per heavy atom. The summed E-state index contributed by atoms with van der Waals surface area (Å²) < 4.78 is 0. The molecule has 0 heterocycles. The molecule has 0 fully saturated rings. The summed E-state index contributed by atoms with van der Waals surface area (Å²) in [6, 6.07) is 0. The van der Waals surface area contributed by atoms with Crippen LogP contribution in [0.4, 0.5) is 0 Å². The lowest BCUT2D eigenvalue weighted by Crippen LogP contribution is -2.37. The summed E-state index contributed by atoms with van der Waals surface area (Å²) in [5.41, 5.74) is 5.23. The summed E-state index contributed by atoms with van der Waals surface area (Å²) in [6.45, 7) is 18.6. The molecule has 0 saturated carbocycles. The van der Waals surface area contributed by atoms with Gasteiger partial charge in [-0.05, 0) is 46.2 Å². The quantitative estimate of drug-likeness (QED) is 0.745. The van der Waals surface area contributed by atoms with Gasteiger partial charge in [-0.3, -0.25) is 0 Å². The zero-order valence-corrected chi connectivity index (χ0v) is 12.5. The Morgan fingerprint density at radius 2 is 1.20 bits per heavy atom. The van der Waals surface area contributed by atoms with Crippen molar-refractivity contribution in [2.24, 2.45) is 11.1 Å². The lowest BCUT2D eigenvalue weighted by Gasteiger charge is -2.24. The van der Waals surface area contributed by atoms with Crippen LogP contribution in [0.15, 0.2) is 0 Å². The molecule has 3 N–H and O–H groups in total. The van der Waals surface area contributed by atoms with Crippen molar-refractivity contribution in [2.75, 3.05) is 13.6 Å². The first-order chi connectivity index (χ1) is 6.71. The number of nitrogens with one attached hydrogen (secondary N) is 1. The highest BCUT2D eigenvalue weighted by molar-refractivity contribution is 4.72. The van der Waals surface area contributed by atoms with Gasteiger partial charge in [0.15, 0.2) is 0 Å². The first kappa shape index (κ1) is 20.3. The van der Waals surface area contributed by atoms with Crippen molar-refractivity contribution >= 4 is 0 Å². The molecule has 0 spiro atoms. The summed E-state index contributed by atoms with van der Waals surface area (Å²) >= 11 is 0. The van der Waals surface area contributed by atoms with E-state index in [1.165, 1.54) is 13.5 Å². The van der Waals surface area contributed by atoms with Crippen LogP contribution >= 0.6 is 0 Å². The van der Waals surface area contributed by atoms with Crippen LogP contribution in [0.1, 0.15) is 61.8 Å². The molecule has 0 saturated heterocycles. The van der Waals surface area contributed by atoms with E-state index in [1.54, 1.807) is 0 Å². The molecular formula is C13H34N2. The van der Waals surface area contributed by atoms with Gasteiger partial charge in [0, 0.05) is 5.54 Å². The molecule has 0 rings (SSSR count). The second-order valence-corrected chi connectivity index (χ2v) is 5.49. The molecule has 0 aromatic heterocycles. The van der Waals surface area contributed by atoms with E-state index in [-0.39, 0.29) is 5.54 Å². The first-order valence-electron chi connectivity index (χ1n) is 6.03. The Balaban J connectivity index is -0.000000318. The Hall–Kier alpha value is -0.0800. The molecule has 0 aromatic carbocycles. The van der Waals surface area contributed by atoms with Gasteiger partial charge in [0.05, 0.1) is 0 Å². The van der Waals surface area contributed by atoms with Crippen LogP contribution in [0.2, 0.25) is 0 Å². The third-order valence-corrected chi connectivity index (χ3v) is 1.53. The van der Waals surface area contributed by atoms with Crippen LogP contribution in [-0.4, -0.2) is 19.1 Å². The average Bonchev–Trinajstić information content (AvgIpc) is 2.07. The van der Waals surface area contributed by atoms with E-state index in [9.17, 15) is 0 Å². The molecule has 2 heteroatoms. The molecule has 2 nitrogen and oxygen atoms in total. The van der Waals surface area contributed by atoms with Gasteiger partial charge in [-0.1, -0.05) is 34.6 Å². The van der Waals surface area contributed by atoms with Crippen LogP contribution in [0, 0.1) is 5.41 Å². The molecule has 0 radical (unpaired) electrons. The lowest BCUT2D eigenvalue weighted by molar-refractivity contribution is 0.331. The molecule has 0 bridgehead atoms. The maximum absolute atomic E-state index is 4.50. The molecule has 0 aliphatic carbocycles. The third-order valence-electron chi connectivity index (χ3n) is 1.53. The van der Waals surface area contributed by atoms with E-state index in [2.05, 4.69) is 52.6 Å². The van der Waals surface area contributed by atoms with Gasteiger partial charge >= 0.3 is 0 Å². The monoisotopic (exact) mass is 218 g/mol. The van der Waals surface area contributed by atoms with E-state index in [0.29, 0.717) is 5.41 Å². The highest BCUT2D eigenvalue weighted by atomic mass is 14.9. The number of rotatable bonds is 2.